The Kier molecular flexibility index (Phi) is 5.90. The third-order valence-corrected chi connectivity index (χ3v) is 6.63. The van der Waals surface area contributed by atoms with Gasteiger partial charge < -0.3 is 4.90 Å². The summed E-state index contributed by atoms with van der Waals surface area (Å²) >= 11 is 1.61. The minimum atomic E-state index is 0.0409. The van der Waals surface area contributed by atoms with Gasteiger partial charge in [-0.2, -0.15) is 4.37 Å². The Labute approximate surface area is 165 Å². The standard InChI is InChI=1S/C20H29N5OS/c1-16(26)21-25-10-7-17(8-11-25)6-9-23-12-14-24(15-13-23)20-18-4-2-3-5-19(18)27-22-20/h2-5,17H,6-15H2,1H3,(H,21,26). The molecule has 0 saturated carbocycles. The molecule has 7 heteroatoms. The van der Waals surface area contributed by atoms with E-state index in [-0.39, 0.29) is 5.91 Å². The van der Waals surface area contributed by atoms with E-state index in [0.717, 1.165) is 45.2 Å². The maximum Gasteiger partial charge on any atom is 0.231 e. The summed E-state index contributed by atoms with van der Waals surface area (Å²) in [5, 5.41) is 3.36. The van der Waals surface area contributed by atoms with Crippen LogP contribution in [0.1, 0.15) is 26.2 Å². The van der Waals surface area contributed by atoms with Gasteiger partial charge in [0, 0.05) is 51.6 Å². The summed E-state index contributed by atoms with van der Waals surface area (Å²) in [5.74, 6) is 2.00. The molecule has 0 radical (unpaired) electrons. The molecule has 2 fully saturated rings. The molecule has 0 atom stereocenters. The Balaban J connectivity index is 1.21. The Morgan fingerprint density at radius 3 is 2.63 bits per heavy atom. The van der Waals surface area contributed by atoms with Crippen LogP contribution in [-0.2, 0) is 4.79 Å². The van der Waals surface area contributed by atoms with E-state index < -0.39 is 0 Å². The highest BCUT2D eigenvalue weighted by molar-refractivity contribution is 7.13. The van der Waals surface area contributed by atoms with Gasteiger partial charge in [0.05, 0.1) is 4.70 Å². The lowest BCUT2D eigenvalue weighted by atomic mass is 9.94. The fraction of sp³-hybridized carbons (Fsp3) is 0.600. The number of anilines is 1. The maximum atomic E-state index is 11.1. The number of nitrogens with one attached hydrogen (secondary N) is 1. The van der Waals surface area contributed by atoms with Crippen LogP contribution >= 0.6 is 11.5 Å². The quantitative estimate of drug-likeness (QED) is 0.855. The molecule has 4 rings (SSSR count). The molecular weight excluding hydrogens is 358 g/mol. The number of benzene rings is 1. The molecule has 146 valence electrons. The molecule has 0 aliphatic carbocycles. The molecule has 0 unspecified atom stereocenters. The molecule has 1 aromatic carbocycles. The van der Waals surface area contributed by atoms with Crippen molar-refractivity contribution in [3.8, 4) is 0 Å². The fourth-order valence-corrected chi connectivity index (χ4v) is 5.00. The van der Waals surface area contributed by atoms with E-state index in [0.29, 0.717) is 0 Å². The van der Waals surface area contributed by atoms with E-state index >= 15 is 0 Å². The van der Waals surface area contributed by atoms with Gasteiger partial charge in [0.15, 0.2) is 0 Å². The highest BCUT2D eigenvalue weighted by Gasteiger charge is 2.23. The highest BCUT2D eigenvalue weighted by atomic mass is 32.1. The largest absolute Gasteiger partial charge is 0.353 e. The molecular formula is C20H29N5OS. The van der Waals surface area contributed by atoms with Crippen LogP contribution < -0.4 is 10.3 Å². The molecule has 3 heterocycles. The number of aromatic nitrogens is 1. The monoisotopic (exact) mass is 387 g/mol. The van der Waals surface area contributed by atoms with Gasteiger partial charge in [-0.15, -0.1) is 0 Å². The number of hydrazine groups is 1. The number of carbonyl (C=O) groups is 1. The Bertz CT molecular complexity index is 763. The number of nitrogens with zero attached hydrogens (tertiary/aromatic N) is 4. The second-order valence-corrected chi connectivity index (χ2v) is 8.52. The summed E-state index contributed by atoms with van der Waals surface area (Å²) in [5.41, 5.74) is 2.91. The Hall–Kier alpha value is -1.70. The van der Waals surface area contributed by atoms with Crippen LogP contribution in [0.2, 0.25) is 0 Å². The van der Waals surface area contributed by atoms with Crippen LogP contribution in [0, 0.1) is 5.92 Å². The Morgan fingerprint density at radius 2 is 1.89 bits per heavy atom. The van der Waals surface area contributed by atoms with Gasteiger partial charge in [-0.3, -0.25) is 15.1 Å². The van der Waals surface area contributed by atoms with Crippen molar-refractivity contribution in [1.82, 2.24) is 19.7 Å². The second kappa shape index (κ2) is 8.54. The van der Waals surface area contributed by atoms with Crippen molar-refractivity contribution in [2.24, 2.45) is 5.92 Å². The summed E-state index contributed by atoms with van der Waals surface area (Å²) in [6, 6.07) is 8.54. The van der Waals surface area contributed by atoms with Gasteiger partial charge in [0.2, 0.25) is 5.91 Å². The lowest BCUT2D eigenvalue weighted by Gasteiger charge is -2.37. The molecule has 2 aliphatic rings. The van der Waals surface area contributed by atoms with E-state index in [9.17, 15) is 4.79 Å². The van der Waals surface area contributed by atoms with E-state index in [1.807, 2.05) is 0 Å². The molecule has 1 aromatic heterocycles. The lowest BCUT2D eigenvalue weighted by Crippen LogP contribution is -2.48. The number of piperidine rings is 1. The van der Waals surface area contributed by atoms with Gasteiger partial charge >= 0.3 is 0 Å². The first-order valence-electron chi connectivity index (χ1n) is 10.0. The van der Waals surface area contributed by atoms with Crippen molar-refractivity contribution in [3.05, 3.63) is 24.3 Å². The SMILES string of the molecule is CC(=O)NN1CCC(CCN2CCN(c3nsc4ccccc34)CC2)CC1. The Morgan fingerprint density at radius 1 is 1.15 bits per heavy atom. The molecule has 27 heavy (non-hydrogen) atoms. The molecule has 1 amide bonds. The minimum absolute atomic E-state index is 0.0409. The van der Waals surface area contributed by atoms with E-state index in [4.69, 9.17) is 4.37 Å². The van der Waals surface area contributed by atoms with Gasteiger partial charge in [0.25, 0.3) is 0 Å². The lowest BCUT2D eigenvalue weighted by molar-refractivity contribution is -0.124. The van der Waals surface area contributed by atoms with Crippen LogP contribution in [-0.4, -0.2) is 66.0 Å². The maximum absolute atomic E-state index is 11.1. The second-order valence-electron chi connectivity index (χ2n) is 7.72. The number of rotatable bonds is 5. The first-order valence-corrected chi connectivity index (χ1v) is 10.8. The normalized spacial score (nSPS) is 20.3. The van der Waals surface area contributed by atoms with E-state index in [1.54, 1.807) is 18.5 Å². The molecule has 0 bridgehead atoms. The average Bonchev–Trinajstić information content (AvgIpc) is 3.12. The van der Waals surface area contributed by atoms with Crippen LogP contribution in [0.4, 0.5) is 5.82 Å². The minimum Gasteiger partial charge on any atom is -0.353 e. The summed E-state index contributed by atoms with van der Waals surface area (Å²) in [7, 11) is 0. The van der Waals surface area contributed by atoms with Crippen molar-refractivity contribution in [3.63, 3.8) is 0 Å². The van der Waals surface area contributed by atoms with E-state index in [1.165, 1.54) is 41.7 Å². The third kappa shape index (κ3) is 4.59. The summed E-state index contributed by atoms with van der Waals surface area (Å²) in [6.07, 6.45) is 3.64. The molecule has 2 saturated heterocycles. The van der Waals surface area contributed by atoms with Crippen LogP contribution in [0.3, 0.4) is 0 Å². The summed E-state index contributed by atoms with van der Waals surface area (Å²) < 4.78 is 5.98. The van der Waals surface area contributed by atoms with Crippen molar-refractivity contribution >= 4 is 33.3 Å². The van der Waals surface area contributed by atoms with Crippen LogP contribution in [0.15, 0.2) is 24.3 Å². The van der Waals surface area contributed by atoms with Crippen LogP contribution in [0.5, 0.6) is 0 Å². The van der Waals surface area contributed by atoms with Crippen LogP contribution in [0.25, 0.3) is 10.1 Å². The molecule has 2 aromatic rings. The van der Waals surface area contributed by atoms with Crippen molar-refractivity contribution < 1.29 is 4.79 Å². The number of carbonyl (C=O) groups excluding carboxylic acids is 1. The third-order valence-electron chi connectivity index (χ3n) is 5.81. The average molecular weight is 388 g/mol. The number of fused-ring (bicyclic) bond motifs is 1. The molecule has 6 nitrogen and oxygen atoms in total. The van der Waals surface area contributed by atoms with E-state index in [2.05, 4.69) is 44.5 Å². The fourth-order valence-electron chi connectivity index (χ4n) is 4.21. The smallest absolute Gasteiger partial charge is 0.231 e. The zero-order chi connectivity index (χ0) is 18.6. The molecule has 0 spiro atoms. The van der Waals surface area contributed by atoms with Gasteiger partial charge in [0.1, 0.15) is 5.82 Å². The number of amides is 1. The summed E-state index contributed by atoms with van der Waals surface area (Å²) in [6.45, 7) is 9.11. The number of hydrogen-bond acceptors (Lipinski definition) is 6. The topological polar surface area (TPSA) is 51.7 Å². The zero-order valence-electron chi connectivity index (χ0n) is 16.1. The highest BCUT2D eigenvalue weighted by Crippen LogP contribution is 2.30. The van der Waals surface area contributed by atoms with Crippen molar-refractivity contribution in [1.29, 1.82) is 0 Å². The number of piperazine rings is 1. The number of hydrogen-bond donors (Lipinski definition) is 1. The first-order chi connectivity index (χ1) is 13.2. The molecule has 1 N–H and O–H groups in total. The van der Waals surface area contributed by atoms with Gasteiger partial charge in [-0.1, -0.05) is 12.1 Å². The van der Waals surface area contributed by atoms with Crippen molar-refractivity contribution in [2.45, 2.75) is 26.2 Å². The molecule has 2 aliphatic heterocycles. The van der Waals surface area contributed by atoms with Gasteiger partial charge in [-0.25, -0.2) is 5.01 Å². The predicted octanol–water partition coefficient (Wildman–Crippen LogP) is 2.57. The van der Waals surface area contributed by atoms with Crippen molar-refractivity contribution in [2.75, 3.05) is 50.7 Å². The predicted molar refractivity (Wildman–Crippen MR) is 111 cm³/mol. The summed E-state index contributed by atoms with van der Waals surface area (Å²) in [4.78, 5) is 16.2. The first kappa shape index (κ1) is 18.7. The zero-order valence-corrected chi connectivity index (χ0v) is 16.9. The van der Waals surface area contributed by atoms with Gasteiger partial charge in [-0.05, 0) is 55.4 Å².